The summed E-state index contributed by atoms with van der Waals surface area (Å²) in [5.41, 5.74) is 9.29. The van der Waals surface area contributed by atoms with Gasteiger partial charge in [-0.3, -0.25) is 4.98 Å². The Labute approximate surface area is 94.3 Å². The average Bonchev–Trinajstić information content (AvgIpc) is 2.67. The Kier molecular flexibility index (Phi) is 2.85. The van der Waals surface area contributed by atoms with Gasteiger partial charge in [-0.15, -0.1) is 5.10 Å². The maximum absolute atomic E-state index is 5.95. The molecule has 2 heterocycles. The number of hydrogen-bond acceptors (Lipinski definition) is 4. The third kappa shape index (κ3) is 1.88. The smallest absolute Gasteiger partial charge is 0.113 e. The Hall–Kier alpha value is -1.91. The van der Waals surface area contributed by atoms with E-state index in [1.165, 1.54) is 0 Å². The van der Waals surface area contributed by atoms with E-state index in [2.05, 4.69) is 22.2 Å². The van der Waals surface area contributed by atoms with Gasteiger partial charge in [0.1, 0.15) is 11.4 Å². The van der Waals surface area contributed by atoms with Crippen LogP contribution < -0.4 is 5.73 Å². The summed E-state index contributed by atoms with van der Waals surface area (Å²) in [4.78, 5) is 4.34. The summed E-state index contributed by atoms with van der Waals surface area (Å²) in [7, 11) is 0. The number of nitrogens with two attached hydrogens (primary N) is 1. The van der Waals surface area contributed by atoms with Crippen LogP contribution in [0.5, 0.6) is 0 Å². The minimum absolute atomic E-state index is 0.666. The lowest BCUT2D eigenvalue weighted by Gasteiger charge is -2.07. The van der Waals surface area contributed by atoms with Crippen molar-refractivity contribution in [2.75, 3.05) is 5.73 Å². The number of nitrogen functional groups attached to an aromatic ring is 1. The summed E-state index contributed by atoms with van der Waals surface area (Å²) in [5, 5.41) is 7.92. The van der Waals surface area contributed by atoms with E-state index < -0.39 is 0 Å². The highest BCUT2D eigenvalue weighted by Gasteiger charge is 2.10. The van der Waals surface area contributed by atoms with Crippen molar-refractivity contribution in [1.82, 2.24) is 20.0 Å². The molecule has 2 aromatic rings. The molecule has 0 radical (unpaired) electrons. The van der Waals surface area contributed by atoms with E-state index in [1.807, 2.05) is 17.7 Å². The highest BCUT2D eigenvalue weighted by Crippen LogP contribution is 2.22. The molecule has 0 aliphatic carbocycles. The lowest BCUT2D eigenvalue weighted by Crippen LogP contribution is -2.04. The maximum Gasteiger partial charge on any atom is 0.113 e. The van der Waals surface area contributed by atoms with Crippen molar-refractivity contribution in [1.29, 1.82) is 0 Å². The zero-order chi connectivity index (χ0) is 11.5. The molecule has 5 heteroatoms. The van der Waals surface area contributed by atoms with Gasteiger partial charge in [0.05, 0.1) is 11.9 Å². The van der Waals surface area contributed by atoms with E-state index in [0.29, 0.717) is 5.69 Å². The third-order valence-electron chi connectivity index (χ3n) is 2.35. The van der Waals surface area contributed by atoms with Crippen LogP contribution >= 0.6 is 0 Å². The average molecular weight is 217 g/mol. The van der Waals surface area contributed by atoms with Crippen LogP contribution in [0.3, 0.4) is 0 Å². The van der Waals surface area contributed by atoms with Crippen molar-refractivity contribution in [3.63, 3.8) is 0 Å². The van der Waals surface area contributed by atoms with Crippen molar-refractivity contribution in [3.8, 4) is 11.4 Å². The molecule has 0 amide bonds. The predicted molar refractivity (Wildman–Crippen MR) is 62.7 cm³/mol. The Balaban J connectivity index is 2.46. The summed E-state index contributed by atoms with van der Waals surface area (Å²) < 4.78 is 1.83. The number of aromatic nitrogens is 4. The zero-order valence-electron chi connectivity index (χ0n) is 9.51. The molecule has 0 aliphatic rings. The minimum atomic E-state index is 0.666. The second kappa shape index (κ2) is 4.30. The standard InChI is InChI=1S/C11H15N5/c1-3-4-16-10(7-14-15-16)11-9(12)5-8(2)6-13-11/h5-7H,3-4,12H2,1-2H3. The topological polar surface area (TPSA) is 69.6 Å². The molecule has 0 atom stereocenters. The number of anilines is 1. The second-order valence-corrected chi connectivity index (χ2v) is 3.79. The lowest BCUT2D eigenvalue weighted by atomic mass is 10.2. The quantitative estimate of drug-likeness (QED) is 0.848. The van der Waals surface area contributed by atoms with Crippen LogP contribution in [0.2, 0.25) is 0 Å². The number of nitrogens with zero attached hydrogens (tertiary/aromatic N) is 4. The van der Waals surface area contributed by atoms with E-state index >= 15 is 0 Å². The SMILES string of the molecule is CCCn1nncc1-c1ncc(C)cc1N. The largest absolute Gasteiger partial charge is 0.397 e. The molecule has 0 aliphatic heterocycles. The van der Waals surface area contributed by atoms with Crippen molar-refractivity contribution in [3.05, 3.63) is 24.0 Å². The maximum atomic E-state index is 5.95. The molecule has 84 valence electrons. The summed E-state index contributed by atoms with van der Waals surface area (Å²) in [6, 6.07) is 1.91. The fraction of sp³-hybridized carbons (Fsp3) is 0.364. The van der Waals surface area contributed by atoms with Gasteiger partial charge < -0.3 is 5.73 Å². The van der Waals surface area contributed by atoms with Gasteiger partial charge in [0.2, 0.25) is 0 Å². The van der Waals surface area contributed by atoms with E-state index in [9.17, 15) is 0 Å². The fourth-order valence-corrected chi connectivity index (χ4v) is 1.62. The molecule has 0 spiro atoms. The zero-order valence-corrected chi connectivity index (χ0v) is 9.51. The van der Waals surface area contributed by atoms with Crippen LogP contribution in [-0.4, -0.2) is 20.0 Å². The van der Waals surface area contributed by atoms with Gasteiger partial charge in [0, 0.05) is 12.7 Å². The predicted octanol–water partition coefficient (Wildman–Crippen LogP) is 1.64. The van der Waals surface area contributed by atoms with Crippen molar-refractivity contribution < 1.29 is 0 Å². The van der Waals surface area contributed by atoms with Gasteiger partial charge in [-0.2, -0.15) is 0 Å². The normalized spacial score (nSPS) is 10.6. The summed E-state index contributed by atoms with van der Waals surface area (Å²) >= 11 is 0. The van der Waals surface area contributed by atoms with Crippen LogP contribution in [0.15, 0.2) is 18.5 Å². The first-order valence-electron chi connectivity index (χ1n) is 5.33. The first kappa shape index (κ1) is 10.6. The number of pyridine rings is 1. The fourth-order valence-electron chi connectivity index (χ4n) is 1.62. The molecule has 5 nitrogen and oxygen atoms in total. The van der Waals surface area contributed by atoms with E-state index in [4.69, 9.17) is 5.73 Å². The van der Waals surface area contributed by atoms with Crippen LogP contribution in [0.25, 0.3) is 11.4 Å². The molecule has 16 heavy (non-hydrogen) atoms. The van der Waals surface area contributed by atoms with Gasteiger partial charge in [-0.1, -0.05) is 12.1 Å². The van der Waals surface area contributed by atoms with Gasteiger partial charge in [0.25, 0.3) is 0 Å². The molecule has 2 N–H and O–H groups in total. The van der Waals surface area contributed by atoms with Crippen molar-refractivity contribution in [2.24, 2.45) is 0 Å². The molecule has 0 bridgehead atoms. The van der Waals surface area contributed by atoms with Gasteiger partial charge in [-0.25, -0.2) is 4.68 Å². The van der Waals surface area contributed by atoms with Gasteiger partial charge in [-0.05, 0) is 25.0 Å². The first-order valence-corrected chi connectivity index (χ1v) is 5.33. The molecule has 0 fully saturated rings. The Morgan fingerprint density at radius 1 is 1.38 bits per heavy atom. The number of hydrogen-bond donors (Lipinski definition) is 1. The molecular formula is C11H15N5. The van der Waals surface area contributed by atoms with Gasteiger partial charge in [0.15, 0.2) is 0 Å². The summed E-state index contributed by atoms with van der Waals surface area (Å²) in [5.74, 6) is 0. The van der Waals surface area contributed by atoms with Crippen LogP contribution in [0, 0.1) is 6.92 Å². The van der Waals surface area contributed by atoms with Gasteiger partial charge >= 0.3 is 0 Å². The molecule has 0 saturated carbocycles. The highest BCUT2D eigenvalue weighted by molar-refractivity contribution is 5.69. The van der Waals surface area contributed by atoms with Crippen LogP contribution in [0.4, 0.5) is 5.69 Å². The third-order valence-corrected chi connectivity index (χ3v) is 2.35. The molecular weight excluding hydrogens is 202 g/mol. The highest BCUT2D eigenvalue weighted by atomic mass is 15.4. The number of aryl methyl sites for hydroxylation is 2. The summed E-state index contributed by atoms with van der Waals surface area (Å²) in [6.07, 6.45) is 4.50. The van der Waals surface area contributed by atoms with E-state index in [1.54, 1.807) is 12.4 Å². The van der Waals surface area contributed by atoms with Crippen LogP contribution in [-0.2, 0) is 6.54 Å². The molecule has 0 aromatic carbocycles. The van der Waals surface area contributed by atoms with Crippen molar-refractivity contribution in [2.45, 2.75) is 26.8 Å². The minimum Gasteiger partial charge on any atom is -0.397 e. The van der Waals surface area contributed by atoms with Crippen molar-refractivity contribution >= 4 is 5.69 Å². The molecule has 2 rings (SSSR count). The molecule has 0 saturated heterocycles. The number of rotatable bonds is 3. The summed E-state index contributed by atoms with van der Waals surface area (Å²) in [6.45, 7) is 4.89. The second-order valence-electron chi connectivity index (χ2n) is 3.79. The Bertz CT molecular complexity index is 489. The van der Waals surface area contributed by atoms with E-state index in [-0.39, 0.29) is 0 Å². The lowest BCUT2D eigenvalue weighted by molar-refractivity contribution is 0.583. The Morgan fingerprint density at radius 3 is 2.88 bits per heavy atom. The van der Waals surface area contributed by atoms with Crippen LogP contribution in [0.1, 0.15) is 18.9 Å². The van der Waals surface area contributed by atoms with E-state index in [0.717, 1.165) is 29.9 Å². The molecule has 0 unspecified atom stereocenters. The first-order chi connectivity index (χ1) is 7.72. The Morgan fingerprint density at radius 2 is 2.19 bits per heavy atom. The molecule has 2 aromatic heterocycles. The monoisotopic (exact) mass is 217 g/mol.